The molecule has 0 aromatic heterocycles. The SMILES string of the molecule is CCOC(=O)C1=C(N)NC(=O)C(C(=O)OCC)C1c1ccccc1C. The first-order valence-electron chi connectivity index (χ1n) is 8.12. The number of nitrogens with two attached hydrogens (primary N) is 1. The van der Waals surface area contributed by atoms with Crippen molar-refractivity contribution in [2.24, 2.45) is 11.7 Å². The molecule has 1 aliphatic heterocycles. The lowest BCUT2D eigenvalue weighted by molar-refractivity contribution is -0.153. The van der Waals surface area contributed by atoms with Gasteiger partial charge in [-0.15, -0.1) is 0 Å². The molecule has 2 rings (SSSR count). The Kier molecular flexibility index (Phi) is 5.80. The molecule has 0 fully saturated rings. The van der Waals surface area contributed by atoms with Crippen molar-refractivity contribution in [3.8, 4) is 0 Å². The lowest BCUT2D eigenvalue weighted by Crippen LogP contribution is -2.48. The molecule has 2 unspecified atom stereocenters. The molecule has 0 radical (unpaired) electrons. The Hall–Kier alpha value is -2.83. The fourth-order valence-corrected chi connectivity index (χ4v) is 2.96. The molecular formula is C18H22N2O5. The summed E-state index contributed by atoms with van der Waals surface area (Å²) in [6.45, 7) is 5.42. The van der Waals surface area contributed by atoms with Gasteiger partial charge in [-0.25, -0.2) is 4.79 Å². The van der Waals surface area contributed by atoms with Crippen LogP contribution in [0.3, 0.4) is 0 Å². The number of nitrogens with one attached hydrogen (secondary N) is 1. The number of ether oxygens (including phenoxy) is 2. The van der Waals surface area contributed by atoms with Crippen molar-refractivity contribution in [1.82, 2.24) is 5.32 Å². The second kappa shape index (κ2) is 7.83. The quantitative estimate of drug-likeness (QED) is 0.611. The molecule has 0 aliphatic carbocycles. The van der Waals surface area contributed by atoms with Crippen LogP contribution in [0.1, 0.15) is 30.9 Å². The molecular weight excluding hydrogens is 324 g/mol. The average Bonchev–Trinajstić information content (AvgIpc) is 2.54. The molecule has 0 spiro atoms. The molecule has 1 aliphatic rings. The van der Waals surface area contributed by atoms with Crippen molar-refractivity contribution in [2.75, 3.05) is 13.2 Å². The van der Waals surface area contributed by atoms with Crippen molar-refractivity contribution in [3.05, 3.63) is 46.8 Å². The van der Waals surface area contributed by atoms with Crippen molar-refractivity contribution in [1.29, 1.82) is 0 Å². The number of esters is 2. The van der Waals surface area contributed by atoms with Gasteiger partial charge in [-0.3, -0.25) is 9.59 Å². The van der Waals surface area contributed by atoms with Gasteiger partial charge < -0.3 is 20.5 Å². The Bertz CT molecular complexity index is 726. The molecule has 7 nitrogen and oxygen atoms in total. The highest BCUT2D eigenvalue weighted by Crippen LogP contribution is 2.38. The highest BCUT2D eigenvalue weighted by atomic mass is 16.5. The van der Waals surface area contributed by atoms with Crippen LogP contribution in [-0.2, 0) is 23.9 Å². The highest BCUT2D eigenvalue weighted by Gasteiger charge is 2.46. The van der Waals surface area contributed by atoms with Gasteiger partial charge in [0, 0.05) is 5.92 Å². The Balaban J connectivity index is 2.64. The molecule has 1 aromatic rings. The van der Waals surface area contributed by atoms with E-state index in [1.807, 2.05) is 19.1 Å². The van der Waals surface area contributed by atoms with Gasteiger partial charge in [0.05, 0.1) is 18.8 Å². The number of hydrogen-bond donors (Lipinski definition) is 2. The molecule has 3 N–H and O–H groups in total. The molecule has 134 valence electrons. The van der Waals surface area contributed by atoms with Crippen LogP contribution in [0.5, 0.6) is 0 Å². The first-order valence-corrected chi connectivity index (χ1v) is 8.12. The van der Waals surface area contributed by atoms with E-state index in [4.69, 9.17) is 15.2 Å². The summed E-state index contributed by atoms with van der Waals surface area (Å²) < 4.78 is 10.1. The Labute approximate surface area is 146 Å². The van der Waals surface area contributed by atoms with E-state index >= 15 is 0 Å². The number of hydrogen-bond acceptors (Lipinski definition) is 6. The summed E-state index contributed by atoms with van der Waals surface area (Å²) in [5.41, 5.74) is 7.45. The van der Waals surface area contributed by atoms with E-state index in [1.165, 1.54) is 0 Å². The van der Waals surface area contributed by atoms with Gasteiger partial charge in [0.1, 0.15) is 11.7 Å². The third-order valence-electron chi connectivity index (χ3n) is 4.03. The van der Waals surface area contributed by atoms with Gasteiger partial charge in [-0.1, -0.05) is 24.3 Å². The van der Waals surface area contributed by atoms with E-state index in [0.29, 0.717) is 5.56 Å². The minimum atomic E-state index is -1.22. The molecule has 1 aromatic carbocycles. The molecule has 0 saturated carbocycles. The Morgan fingerprint density at radius 3 is 2.40 bits per heavy atom. The molecule has 0 bridgehead atoms. The van der Waals surface area contributed by atoms with Crippen LogP contribution in [0.2, 0.25) is 0 Å². The standard InChI is InChI=1S/C18H22N2O5/c1-4-24-17(22)13-12(11-9-7-6-8-10(11)3)14(18(23)25-5-2)16(21)20-15(13)19/h6-9,12,14H,4-5,19H2,1-3H3,(H,20,21). The van der Waals surface area contributed by atoms with E-state index in [2.05, 4.69) is 5.32 Å². The molecule has 1 heterocycles. The van der Waals surface area contributed by atoms with Crippen molar-refractivity contribution in [2.45, 2.75) is 26.7 Å². The van der Waals surface area contributed by atoms with E-state index < -0.39 is 29.7 Å². The van der Waals surface area contributed by atoms with Gasteiger partial charge >= 0.3 is 11.9 Å². The minimum absolute atomic E-state index is 0.0637. The largest absolute Gasteiger partial charge is 0.465 e. The zero-order valence-corrected chi connectivity index (χ0v) is 14.5. The molecule has 7 heteroatoms. The fourth-order valence-electron chi connectivity index (χ4n) is 2.96. The minimum Gasteiger partial charge on any atom is -0.465 e. The highest BCUT2D eigenvalue weighted by molar-refractivity contribution is 6.05. The second-order valence-electron chi connectivity index (χ2n) is 5.60. The summed E-state index contributed by atoms with van der Waals surface area (Å²) in [5, 5.41) is 2.39. The van der Waals surface area contributed by atoms with Gasteiger partial charge in [0.2, 0.25) is 5.91 Å². The molecule has 2 atom stereocenters. The van der Waals surface area contributed by atoms with E-state index in [0.717, 1.165) is 5.56 Å². The maximum atomic E-state index is 12.5. The molecule has 25 heavy (non-hydrogen) atoms. The van der Waals surface area contributed by atoms with Crippen molar-refractivity contribution < 1.29 is 23.9 Å². The topological polar surface area (TPSA) is 108 Å². The number of carbonyl (C=O) groups is 3. The predicted molar refractivity (Wildman–Crippen MR) is 90.0 cm³/mol. The number of carbonyl (C=O) groups excluding carboxylic acids is 3. The Morgan fingerprint density at radius 2 is 1.80 bits per heavy atom. The normalized spacial score (nSPS) is 20.0. The summed E-state index contributed by atoms with van der Waals surface area (Å²) in [7, 11) is 0. The zero-order valence-electron chi connectivity index (χ0n) is 14.5. The third kappa shape index (κ3) is 3.65. The lowest BCUT2D eigenvalue weighted by Gasteiger charge is -2.32. The second-order valence-corrected chi connectivity index (χ2v) is 5.60. The van der Waals surface area contributed by atoms with E-state index in [1.54, 1.807) is 26.0 Å². The van der Waals surface area contributed by atoms with Crippen LogP contribution in [-0.4, -0.2) is 31.1 Å². The van der Waals surface area contributed by atoms with Gasteiger partial charge in [0.15, 0.2) is 0 Å². The van der Waals surface area contributed by atoms with Crippen molar-refractivity contribution >= 4 is 17.8 Å². The Morgan fingerprint density at radius 1 is 1.16 bits per heavy atom. The van der Waals surface area contributed by atoms with E-state index in [9.17, 15) is 14.4 Å². The van der Waals surface area contributed by atoms with Crippen LogP contribution in [0.25, 0.3) is 0 Å². The first kappa shape index (κ1) is 18.5. The van der Waals surface area contributed by atoms with Crippen LogP contribution in [0, 0.1) is 12.8 Å². The van der Waals surface area contributed by atoms with Crippen LogP contribution >= 0.6 is 0 Å². The van der Waals surface area contributed by atoms with Crippen LogP contribution in [0.4, 0.5) is 0 Å². The summed E-state index contributed by atoms with van der Waals surface area (Å²) in [6.07, 6.45) is 0. The molecule has 1 amide bonds. The summed E-state index contributed by atoms with van der Waals surface area (Å²) in [4.78, 5) is 37.4. The van der Waals surface area contributed by atoms with Crippen LogP contribution < -0.4 is 11.1 Å². The van der Waals surface area contributed by atoms with Gasteiger partial charge in [-0.2, -0.15) is 0 Å². The smallest absolute Gasteiger partial charge is 0.338 e. The van der Waals surface area contributed by atoms with Crippen LogP contribution in [0.15, 0.2) is 35.7 Å². The number of rotatable bonds is 5. The van der Waals surface area contributed by atoms with Gasteiger partial charge in [-0.05, 0) is 31.9 Å². The third-order valence-corrected chi connectivity index (χ3v) is 4.03. The lowest BCUT2D eigenvalue weighted by atomic mass is 9.76. The number of benzene rings is 1. The average molecular weight is 346 g/mol. The maximum absolute atomic E-state index is 12.5. The first-order chi connectivity index (χ1) is 11.9. The fraction of sp³-hybridized carbons (Fsp3) is 0.389. The number of aryl methyl sites for hydroxylation is 1. The van der Waals surface area contributed by atoms with Gasteiger partial charge in [0.25, 0.3) is 0 Å². The summed E-state index contributed by atoms with van der Waals surface area (Å²) in [6, 6.07) is 7.20. The summed E-state index contributed by atoms with van der Waals surface area (Å²) >= 11 is 0. The monoisotopic (exact) mass is 346 g/mol. The maximum Gasteiger partial charge on any atom is 0.338 e. The summed E-state index contributed by atoms with van der Waals surface area (Å²) in [5.74, 6) is -4.15. The van der Waals surface area contributed by atoms with E-state index in [-0.39, 0.29) is 24.6 Å². The van der Waals surface area contributed by atoms with Crippen molar-refractivity contribution in [3.63, 3.8) is 0 Å². The number of amides is 1. The molecule has 0 saturated heterocycles. The zero-order chi connectivity index (χ0) is 18.6. The predicted octanol–water partition coefficient (Wildman–Crippen LogP) is 1.12.